The Labute approximate surface area is 204 Å². The van der Waals surface area contributed by atoms with Crippen LogP contribution in [-0.4, -0.2) is 59.0 Å². The highest BCUT2D eigenvalue weighted by atomic mass is 32.2. The maximum atomic E-state index is 14.3. The molecule has 1 aromatic carbocycles. The minimum absolute atomic E-state index is 0.0114. The van der Waals surface area contributed by atoms with Crippen molar-refractivity contribution in [2.75, 3.05) is 14.2 Å². The van der Waals surface area contributed by atoms with Crippen LogP contribution in [0, 0.1) is 0 Å². The molecule has 1 aromatic rings. The molecule has 0 N–H and O–H groups in total. The Balaban J connectivity index is 2.32. The molecular formula is C25H38O7SSi. The van der Waals surface area contributed by atoms with Gasteiger partial charge in [-0.15, -0.1) is 0 Å². The van der Waals surface area contributed by atoms with Crippen LogP contribution in [-0.2, 0) is 33.3 Å². The number of ether oxygens (including phenoxy) is 3. The van der Waals surface area contributed by atoms with Crippen molar-refractivity contribution in [1.29, 1.82) is 0 Å². The van der Waals surface area contributed by atoms with Crippen LogP contribution >= 0.6 is 0 Å². The second-order valence-electron chi connectivity index (χ2n) is 11.3. The Morgan fingerprint density at radius 3 is 2.12 bits per heavy atom. The zero-order valence-corrected chi connectivity index (χ0v) is 23.5. The predicted octanol–water partition coefficient (Wildman–Crippen LogP) is 4.63. The molecule has 0 amide bonds. The number of hydrogen-bond acceptors (Lipinski definition) is 7. The first-order valence-electron chi connectivity index (χ1n) is 11.5. The quantitative estimate of drug-likeness (QED) is 0.407. The molecule has 7 nitrogen and oxygen atoms in total. The topological polar surface area (TPSA) is 88.1 Å². The van der Waals surface area contributed by atoms with E-state index >= 15 is 0 Å². The van der Waals surface area contributed by atoms with Crippen molar-refractivity contribution in [2.24, 2.45) is 0 Å². The average molecular weight is 511 g/mol. The summed E-state index contributed by atoms with van der Waals surface area (Å²) in [6.45, 7) is 14.2. The van der Waals surface area contributed by atoms with E-state index in [4.69, 9.17) is 18.6 Å². The minimum Gasteiger partial charge on any atom is -0.546 e. The lowest BCUT2D eigenvalue weighted by atomic mass is 9.74. The largest absolute Gasteiger partial charge is 0.546 e. The van der Waals surface area contributed by atoms with E-state index in [-0.39, 0.29) is 22.8 Å². The lowest BCUT2D eigenvalue weighted by molar-refractivity contribution is -0.243. The minimum atomic E-state index is -4.32. The number of methoxy groups -OCH3 is 2. The van der Waals surface area contributed by atoms with Crippen LogP contribution in [0.25, 0.3) is 0 Å². The Morgan fingerprint density at radius 1 is 1.06 bits per heavy atom. The number of benzene rings is 1. The van der Waals surface area contributed by atoms with E-state index in [2.05, 4.69) is 33.9 Å². The van der Waals surface area contributed by atoms with Crippen molar-refractivity contribution >= 4 is 23.9 Å². The van der Waals surface area contributed by atoms with Gasteiger partial charge in [0.1, 0.15) is 0 Å². The summed E-state index contributed by atoms with van der Waals surface area (Å²) in [5.74, 6) is -1.91. The van der Waals surface area contributed by atoms with E-state index in [1.165, 1.54) is 26.4 Å². The number of fused-ring (bicyclic) bond motifs is 1. The van der Waals surface area contributed by atoms with Gasteiger partial charge in [-0.3, -0.25) is 4.79 Å². The van der Waals surface area contributed by atoms with Crippen molar-refractivity contribution in [3.05, 3.63) is 42.2 Å². The SMILES string of the molecule is COC1(OC)C=C(O[Si](C)(C)C(C)(C)C)C[C@H]2OC(C)(C)CC(=O)[C@]21S(=O)(=O)c1ccccc1. The number of Topliss-reactive ketones (excluding diaryl/α,β-unsaturated/α-hetero) is 1. The van der Waals surface area contributed by atoms with Gasteiger partial charge < -0.3 is 18.6 Å². The summed E-state index contributed by atoms with van der Waals surface area (Å²) >= 11 is 0. The molecule has 1 aliphatic carbocycles. The summed E-state index contributed by atoms with van der Waals surface area (Å²) in [5, 5.41) is -0.0934. The predicted molar refractivity (Wildman–Crippen MR) is 133 cm³/mol. The van der Waals surface area contributed by atoms with Crippen LogP contribution in [0.5, 0.6) is 0 Å². The summed E-state index contributed by atoms with van der Waals surface area (Å²) in [6.07, 6.45) is 0.487. The monoisotopic (exact) mass is 510 g/mol. The van der Waals surface area contributed by atoms with Crippen LogP contribution in [0.15, 0.2) is 47.1 Å². The number of sulfone groups is 1. The molecule has 0 bridgehead atoms. The number of carbonyl (C=O) groups is 1. The lowest BCUT2D eigenvalue weighted by Gasteiger charge is -2.56. The Hall–Kier alpha value is -1.52. The standard InChI is InChI=1S/C25H38O7SSi/c1-22(2,3)34(8,9)32-18-15-21-25(24(16-18,29-6)30-7,20(26)17-23(4,5)31-21)33(27,28)19-13-11-10-12-14-19/h10-14,16,21H,15,17H2,1-9H3/t21-,25+/m1/s1. The van der Waals surface area contributed by atoms with Crippen LogP contribution in [0.3, 0.4) is 0 Å². The molecule has 0 aromatic heterocycles. The average Bonchev–Trinajstić information content (AvgIpc) is 2.71. The zero-order valence-electron chi connectivity index (χ0n) is 21.7. The van der Waals surface area contributed by atoms with Crippen molar-refractivity contribution < 1.29 is 31.8 Å². The van der Waals surface area contributed by atoms with Gasteiger partial charge in [0.2, 0.25) is 18.9 Å². The summed E-state index contributed by atoms with van der Waals surface area (Å²) in [4.78, 5) is 14.0. The van der Waals surface area contributed by atoms with E-state index in [0.29, 0.717) is 5.76 Å². The lowest BCUT2D eigenvalue weighted by Crippen LogP contribution is -2.76. The van der Waals surface area contributed by atoms with Crippen LogP contribution in [0.1, 0.15) is 47.5 Å². The fourth-order valence-electron chi connectivity index (χ4n) is 4.72. The van der Waals surface area contributed by atoms with E-state index in [9.17, 15) is 13.2 Å². The van der Waals surface area contributed by atoms with Gasteiger partial charge in [0.25, 0.3) is 0 Å². The molecule has 2 aliphatic rings. The van der Waals surface area contributed by atoms with Gasteiger partial charge in [0.05, 0.1) is 22.4 Å². The Morgan fingerprint density at radius 2 is 1.62 bits per heavy atom. The fourth-order valence-corrected chi connectivity index (χ4v) is 8.17. The van der Waals surface area contributed by atoms with E-state index in [0.717, 1.165) is 0 Å². The van der Waals surface area contributed by atoms with Gasteiger partial charge in [-0.1, -0.05) is 39.0 Å². The fraction of sp³-hybridized carbons (Fsp3) is 0.640. The van der Waals surface area contributed by atoms with Crippen LogP contribution < -0.4 is 0 Å². The highest BCUT2D eigenvalue weighted by molar-refractivity contribution is 7.93. The summed E-state index contributed by atoms with van der Waals surface area (Å²) in [7, 11) is -3.92. The molecule has 1 heterocycles. The van der Waals surface area contributed by atoms with Gasteiger partial charge in [-0.05, 0) is 44.1 Å². The van der Waals surface area contributed by atoms with E-state index in [1.807, 2.05) is 0 Å². The first kappa shape index (κ1) is 27.1. The van der Waals surface area contributed by atoms with E-state index in [1.54, 1.807) is 38.1 Å². The number of rotatable bonds is 6. The summed E-state index contributed by atoms with van der Waals surface area (Å²) in [5.41, 5.74) is -0.857. The third kappa shape index (κ3) is 3.99. The van der Waals surface area contributed by atoms with Crippen molar-refractivity contribution in [2.45, 2.75) is 92.7 Å². The molecule has 2 atom stereocenters. The van der Waals surface area contributed by atoms with Gasteiger partial charge in [-0.25, -0.2) is 8.42 Å². The third-order valence-corrected chi connectivity index (χ3v) is 14.3. The molecule has 0 spiro atoms. The molecule has 0 radical (unpaired) electrons. The van der Waals surface area contributed by atoms with Crippen LogP contribution in [0.4, 0.5) is 0 Å². The van der Waals surface area contributed by atoms with Crippen molar-refractivity contribution in [3.8, 4) is 0 Å². The van der Waals surface area contributed by atoms with Gasteiger partial charge in [-0.2, -0.15) is 0 Å². The molecule has 190 valence electrons. The third-order valence-electron chi connectivity index (χ3n) is 7.45. The van der Waals surface area contributed by atoms with Crippen LogP contribution in [0.2, 0.25) is 18.1 Å². The first-order chi connectivity index (χ1) is 15.5. The molecule has 9 heteroatoms. The second-order valence-corrected chi connectivity index (χ2v) is 18.1. The van der Waals surface area contributed by atoms with E-state index < -0.39 is 46.2 Å². The maximum Gasteiger partial charge on any atom is 0.250 e. The molecule has 34 heavy (non-hydrogen) atoms. The molecule has 0 unspecified atom stereocenters. The van der Waals surface area contributed by atoms with Crippen molar-refractivity contribution in [1.82, 2.24) is 0 Å². The summed E-state index contributed by atoms with van der Waals surface area (Å²) < 4.78 is 51.1. The zero-order chi connectivity index (χ0) is 25.8. The number of hydrogen-bond donors (Lipinski definition) is 0. The summed E-state index contributed by atoms with van der Waals surface area (Å²) in [6, 6.07) is 7.94. The van der Waals surface area contributed by atoms with Gasteiger partial charge in [0.15, 0.2) is 15.6 Å². The first-order valence-corrected chi connectivity index (χ1v) is 15.9. The highest BCUT2D eigenvalue weighted by Crippen LogP contribution is 2.54. The van der Waals surface area contributed by atoms with Gasteiger partial charge >= 0.3 is 0 Å². The second kappa shape index (κ2) is 8.55. The van der Waals surface area contributed by atoms with Crippen molar-refractivity contribution in [3.63, 3.8) is 0 Å². The highest BCUT2D eigenvalue weighted by Gasteiger charge is 2.74. The maximum absolute atomic E-state index is 14.3. The Kier molecular flexibility index (Phi) is 6.81. The number of ketones is 1. The molecule has 1 saturated heterocycles. The molecule has 3 rings (SSSR count). The Bertz CT molecular complexity index is 1070. The molecular weight excluding hydrogens is 472 g/mol. The number of carbonyl (C=O) groups excluding carboxylic acids is 1. The molecule has 1 aliphatic heterocycles. The molecule has 0 saturated carbocycles. The smallest absolute Gasteiger partial charge is 0.250 e. The normalized spacial score (nSPS) is 27.0. The van der Waals surface area contributed by atoms with Gasteiger partial charge in [0, 0.05) is 33.1 Å². The molecule has 1 fully saturated rings.